The number of thiophene rings is 1. The van der Waals surface area contributed by atoms with Crippen LogP contribution in [-0.4, -0.2) is 0 Å². The Kier molecular flexibility index (Phi) is 8.72. The summed E-state index contributed by atoms with van der Waals surface area (Å²) in [6, 6.07) is 87.6. The Morgan fingerprint density at radius 3 is 1.79 bits per heavy atom. The molecule has 0 unspecified atom stereocenters. The summed E-state index contributed by atoms with van der Waals surface area (Å²) in [5, 5.41) is 5.15. The second-order valence-corrected chi connectivity index (χ2v) is 17.5. The molecule has 292 valence electrons. The standard InChI is InChI=1S/C60H41NS/c1-3-20-46(21-4-1)60(47-22-5-2-6-23-47)55-29-11-9-27-53(55)59-45(19-15-30-56(59)60)40-61(48-35-32-42(33-36-48)51-28-14-17-41-16-7-8-25-50(41)51)49-24-13-18-43(38-49)44-34-37-58-54(39-44)52-26-10-12-31-57(52)62-58/h1-39H,40H2. The van der Waals surface area contributed by atoms with Crippen LogP contribution in [0.25, 0.3) is 64.3 Å². The minimum atomic E-state index is -0.459. The van der Waals surface area contributed by atoms with Crippen LogP contribution in [0.1, 0.15) is 27.8 Å². The Morgan fingerprint density at radius 1 is 0.371 bits per heavy atom. The molecular weight excluding hydrogens is 767 g/mol. The molecule has 2 heteroatoms. The van der Waals surface area contributed by atoms with Gasteiger partial charge in [-0.25, -0.2) is 0 Å². The van der Waals surface area contributed by atoms with Crippen LogP contribution in [-0.2, 0) is 12.0 Å². The quantitative estimate of drug-likeness (QED) is 0.148. The third-order valence-corrected chi connectivity index (χ3v) is 14.2. The third-order valence-electron chi connectivity index (χ3n) is 13.0. The van der Waals surface area contributed by atoms with Gasteiger partial charge in [-0.15, -0.1) is 11.3 Å². The Morgan fingerprint density at radius 2 is 0.968 bits per heavy atom. The molecule has 0 saturated carbocycles. The van der Waals surface area contributed by atoms with Crippen molar-refractivity contribution in [2.24, 2.45) is 0 Å². The second-order valence-electron chi connectivity index (χ2n) is 16.4. The van der Waals surface area contributed by atoms with Crippen molar-refractivity contribution in [3.63, 3.8) is 0 Å². The zero-order valence-corrected chi connectivity index (χ0v) is 34.9. The van der Waals surface area contributed by atoms with Crippen molar-refractivity contribution >= 4 is 53.7 Å². The highest BCUT2D eigenvalue weighted by Gasteiger charge is 2.46. The molecule has 0 saturated heterocycles. The normalized spacial score (nSPS) is 12.7. The molecule has 0 atom stereocenters. The van der Waals surface area contributed by atoms with E-state index in [1.807, 2.05) is 11.3 Å². The topological polar surface area (TPSA) is 3.24 Å². The maximum Gasteiger partial charge on any atom is 0.0713 e. The molecule has 1 nitrogen and oxygen atoms in total. The first kappa shape index (κ1) is 36.3. The van der Waals surface area contributed by atoms with Gasteiger partial charge < -0.3 is 4.90 Å². The molecule has 0 amide bonds. The molecule has 11 aromatic rings. The first-order valence-corrected chi connectivity index (χ1v) is 22.3. The fraction of sp³-hybridized carbons (Fsp3) is 0.0333. The summed E-state index contributed by atoms with van der Waals surface area (Å²) in [5.74, 6) is 0. The van der Waals surface area contributed by atoms with Gasteiger partial charge >= 0.3 is 0 Å². The lowest BCUT2D eigenvalue weighted by Gasteiger charge is -2.34. The number of fused-ring (bicyclic) bond motifs is 7. The Hall–Kier alpha value is -7.52. The van der Waals surface area contributed by atoms with Gasteiger partial charge in [0.05, 0.1) is 5.41 Å². The number of nitrogens with zero attached hydrogens (tertiary/aromatic N) is 1. The van der Waals surface area contributed by atoms with E-state index in [0.29, 0.717) is 6.54 Å². The lowest BCUT2D eigenvalue weighted by Crippen LogP contribution is -2.28. The van der Waals surface area contributed by atoms with Gasteiger partial charge in [-0.05, 0) is 114 Å². The number of anilines is 2. The summed E-state index contributed by atoms with van der Waals surface area (Å²) in [5.41, 5.74) is 15.8. The molecule has 0 N–H and O–H groups in total. The molecule has 0 spiro atoms. The lowest BCUT2D eigenvalue weighted by molar-refractivity contribution is 0.767. The van der Waals surface area contributed by atoms with Crippen molar-refractivity contribution in [2.75, 3.05) is 4.90 Å². The SMILES string of the molecule is c1ccc(C2(c3ccccc3)c3ccccc3-c3c(CN(c4ccc(-c5cccc6ccccc56)cc4)c4cccc(-c5ccc6sc7ccccc7c6c5)c4)cccc32)cc1. The fourth-order valence-corrected chi connectivity index (χ4v) is 11.3. The summed E-state index contributed by atoms with van der Waals surface area (Å²) in [7, 11) is 0. The van der Waals surface area contributed by atoms with E-state index in [2.05, 4.69) is 241 Å². The van der Waals surface area contributed by atoms with Crippen molar-refractivity contribution in [1.29, 1.82) is 0 Å². The van der Waals surface area contributed by atoms with Gasteiger partial charge in [0, 0.05) is 38.1 Å². The molecule has 0 bridgehead atoms. The summed E-state index contributed by atoms with van der Waals surface area (Å²) in [6.07, 6.45) is 0. The van der Waals surface area contributed by atoms with Gasteiger partial charge in [-0.1, -0.05) is 194 Å². The van der Waals surface area contributed by atoms with E-state index < -0.39 is 5.41 Å². The lowest BCUT2D eigenvalue weighted by atomic mass is 9.67. The van der Waals surface area contributed by atoms with Crippen molar-refractivity contribution in [3.8, 4) is 33.4 Å². The molecule has 12 rings (SSSR count). The van der Waals surface area contributed by atoms with Crippen LogP contribution in [0.4, 0.5) is 11.4 Å². The third kappa shape index (κ3) is 5.83. The zero-order chi connectivity index (χ0) is 41.0. The highest BCUT2D eigenvalue weighted by atomic mass is 32.1. The summed E-state index contributed by atoms with van der Waals surface area (Å²) in [6.45, 7) is 0.683. The molecule has 1 heterocycles. The molecule has 1 aromatic heterocycles. The summed E-state index contributed by atoms with van der Waals surface area (Å²) in [4.78, 5) is 2.51. The van der Waals surface area contributed by atoms with Crippen LogP contribution in [0.5, 0.6) is 0 Å². The summed E-state index contributed by atoms with van der Waals surface area (Å²) >= 11 is 1.87. The minimum Gasteiger partial charge on any atom is -0.337 e. The van der Waals surface area contributed by atoms with Gasteiger partial charge in [0.2, 0.25) is 0 Å². The van der Waals surface area contributed by atoms with Gasteiger partial charge in [-0.2, -0.15) is 0 Å². The van der Waals surface area contributed by atoms with Crippen molar-refractivity contribution in [3.05, 3.63) is 264 Å². The summed E-state index contributed by atoms with van der Waals surface area (Å²) < 4.78 is 2.64. The maximum atomic E-state index is 2.51. The average molecular weight is 808 g/mol. The Bertz CT molecular complexity index is 3390. The van der Waals surface area contributed by atoms with Crippen molar-refractivity contribution < 1.29 is 0 Å². The Balaban J connectivity index is 1.03. The minimum absolute atomic E-state index is 0.459. The number of hydrogen-bond acceptors (Lipinski definition) is 2. The molecular formula is C60H41NS. The van der Waals surface area contributed by atoms with Gasteiger partial charge in [0.25, 0.3) is 0 Å². The Labute approximate surface area is 366 Å². The molecule has 1 aliphatic carbocycles. The number of hydrogen-bond donors (Lipinski definition) is 0. The predicted octanol–water partition coefficient (Wildman–Crippen LogP) is 16.2. The molecule has 10 aromatic carbocycles. The van der Waals surface area contributed by atoms with E-state index in [9.17, 15) is 0 Å². The second kappa shape index (κ2) is 14.9. The van der Waals surface area contributed by atoms with E-state index in [4.69, 9.17) is 0 Å². The monoisotopic (exact) mass is 807 g/mol. The van der Waals surface area contributed by atoms with Crippen LogP contribution in [0.15, 0.2) is 237 Å². The number of benzene rings is 10. The molecule has 0 aliphatic heterocycles. The van der Waals surface area contributed by atoms with E-state index in [-0.39, 0.29) is 0 Å². The van der Waals surface area contributed by atoms with Gasteiger partial charge in [0.1, 0.15) is 0 Å². The zero-order valence-electron chi connectivity index (χ0n) is 34.1. The first-order chi connectivity index (χ1) is 30.7. The van der Waals surface area contributed by atoms with Crippen LogP contribution in [0.3, 0.4) is 0 Å². The average Bonchev–Trinajstić information content (AvgIpc) is 3.88. The first-order valence-electron chi connectivity index (χ1n) is 21.4. The highest BCUT2D eigenvalue weighted by Crippen LogP contribution is 2.57. The van der Waals surface area contributed by atoms with E-state index in [1.54, 1.807) is 0 Å². The fourth-order valence-electron chi connectivity index (χ4n) is 10.3. The molecule has 62 heavy (non-hydrogen) atoms. The molecule has 0 radical (unpaired) electrons. The van der Waals surface area contributed by atoms with Gasteiger partial charge in [-0.3, -0.25) is 0 Å². The largest absolute Gasteiger partial charge is 0.337 e. The van der Waals surface area contributed by atoms with Crippen LogP contribution in [0, 0.1) is 0 Å². The van der Waals surface area contributed by atoms with Crippen molar-refractivity contribution in [1.82, 2.24) is 0 Å². The van der Waals surface area contributed by atoms with Crippen LogP contribution < -0.4 is 4.90 Å². The van der Waals surface area contributed by atoms with E-state index in [0.717, 1.165) is 11.4 Å². The molecule has 1 aliphatic rings. The number of rotatable bonds is 8. The van der Waals surface area contributed by atoms with Crippen molar-refractivity contribution in [2.45, 2.75) is 12.0 Å². The smallest absolute Gasteiger partial charge is 0.0713 e. The maximum absolute atomic E-state index is 2.51. The highest BCUT2D eigenvalue weighted by molar-refractivity contribution is 7.25. The van der Waals surface area contributed by atoms with E-state index in [1.165, 1.54) is 92.1 Å². The van der Waals surface area contributed by atoms with Crippen LogP contribution >= 0.6 is 11.3 Å². The van der Waals surface area contributed by atoms with Crippen LogP contribution in [0.2, 0.25) is 0 Å². The predicted molar refractivity (Wildman–Crippen MR) is 264 cm³/mol. The van der Waals surface area contributed by atoms with E-state index >= 15 is 0 Å². The molecule has 0 fully saturated rings. The van der Waals surface area contributed by atoms with Gasteiger partial charge in [0.15, 0.2) is 0 Å².